The van der Waals surface area contributed by atoms with Crippen molar-refractivity contribution in [2.24, 2.45) is 0 Å². The molecule has 10 nitrogen and oxygen atoms in total. The van der Waals surface area contributed by atoms with E-state index in [0.717, 1.165) is 0 Å². The number of nitrogens with zero attached hydrogens (tertiary/aromatic N) is 4. The largest absolute Gasteiger partial charge is 0.465 e. The number of ether oxygens (including phenoxy) is 1. The molecule has 2 aromatic carbocycles. The van der Waals surface area contributed by atoms with Gasteiger partial charge in [0.2, 0.25) is 10.0 Å². The fraction of sp³-hybridized carbons (Fsp3) is 0.261. The Morgan fingerprint density at radius 3 is 2.32 bits per heavy atom. The third kappa shape index (κ3) is 4.95. The first-order valence-corrected chi connectivity index (χ1v) is 12.1. The Bertz CT molecular complexity index is 1260. The van der Waals surface area contributed by atoms with Crippen LogP contribution in [-0.4, -0.2) is 55.9 Å². The second-order valence-corrected chi connectivity index (χ2v) is 9.20. The van der Waals surface area contributed by atoms with Gasteiger partial charge in [-0.05, 0) is 36.4 Å². The number of para-hydroxylation sites is 1. The molecule has 0 radical (unpaired) electrons. The molecule has 0 unspecified atom stereocenters. The van der Waals surface area contributed by atoms with Gasteiger partial charge in [-0.15, -0.1) is 0 Å². The van der Waals surface area contributed by atoms with Crippen molar-refractivity contribution < 1.29 is 17.9 Å². The van der Waals surface area contributed by atoms with E-state index in [1.807, 2.05) is 0 Å². The smallest absolute Gasteiger partial charge is 0.339 e. The van der Waals surface area contributed by atoms with E-state index in [4.69, 9.17) is 10.5 Å². The first-order valence-electron chi connectivity index (χ1n) is 10.6. The molecule has 0 amide bonds. The molecule has 3 aromatic rings. The number of benzene rings is 2. The maximum atomic E-state index is 12.7. The lowest BCUT2D eigenvalue weighted by Gasteiger charge is -2.23. The molecule has 1 heterocycles. The first kappa shape index (κ1) is 24.9. The van der Waals surface area contributed by atoms with Crippen molar-refractivity contribution in [2.75, 3.05) is 43.2 Å². The molecule has 0 aliphatic heterocycles. The molecule has 0 fully saturated rings. The van der Waals surface area contributed by atoms with Crippen LogP contribution >= 0.6 is 0 Å². The number of hydrogen-bond donors (Lipinski definition) is 2. The lowest BCUT2D eigenvalue weighted by Crippen LogP contribution is -2.30. The molecule has 11 heteroatoms. The van der Waals surface area contributed by atoms with Crippen LogP contribution in [0.15, 0.2) is 59.8 Å². The van der Waals surface area contributed by atoms with Crippen LogP contribution in [0, 0.1) is 0 Å². The van der Waals surface area contributed by atoms with Gasteiger partial charge in [0.25, 0.3) is 0 Å². The Balaban J connectivity index is 1.89. The Hall–Kier alpha value is -3.70. The van der Waals surface area contributed by atoms with Gasteiger partial charge in [-0.3, -0.25) is 0 Å². The second kappa shape index (κ2) is 10.5. The van der Waals surface area contributed by atoms with Gasteiger partial charge in [0, 0.05) is 25.8 Å². The van der Waals surface area contributed by atoms with Crippen LogP contribution in [0.5, 0.6) is 0 Å². The zero-order valence-corrected chi connectivity index (χ0v) is 20.3. The highest BCUT2D eigenvalue weighted by atomic mass is 32.2. The summed E-state index contributed by atoms with van der Waals surface area (Å²) in [5.41, 5.74) is 8.15. The SMILES string of the molecule is CCN(CC)S(=O)(=O)c1ccc(Nc2ncnc(N(C)c3ccccc3C(=O)OC)c2N)cc1. The number of nitrogens with two attached hydrogens (primary N) is 1. The van der Waals surface area contributed by atoms with E-state index in [9.17, 15) is 13.2 Å². The Labute approximate surface area is 199 Å². The highest BCUT2D eigenvalue weighted by molar-refractivity contribution is 7.89. The normalized spacial score (nSPS) is 11.3. The number of hydrogen-bond acceptors (Lipinski definition) is 9. The van der Waals surface area contributed by atoms with Gasteiger partial charge >= 0.3 is 5.97 Å². The number of carbonyl (C=O) groups is 1. The Morgan fingerprint density at radius 1 is 1.06 bits per heavy atom. The van der Waals surface area contributed by atoms with Gasteiger partial charge in [-0.2, -0.15) is 4.31 Å². The Kier molecular flexibility index (Phi) is 7.69. The predicted octanol–water partition coefficient (Wildman–Crippen LogP) is 3.39. The number of rotatable bonds is 9. The molecule has 0 aliphatic carbocycles. The van der Waals surface area contributed by atoms with Crippen molar-refractivity contribution in [1.82, 2.24) is 14.3 Å². The van der Waals surface area contributed by atoms with Crippen molar-refractivity contribution in [3.05, 3.63) is 60.4 Å². The fourth-order valence-corrected chi connectivity index (χ4v) is 4.93. The summed E-state index contributed by atoms with van der Waals surface area (Å²) in [7, 11) is -0.499. The summed E-state index contributed by atoms with van der Waals surface area (Å²) >= 11 is 0. The summed E-state index contributed by atoms with van der Waals surface area (Å²) in [5, 5.41) is 3.10. The van der Waals surface area contributed by atoms with E-state index in [2.05, 4.69) is 15.3 Å². The number of sulfonamides is 1. The van der Waals surface area contributed by atoms with Crippen LogP contribution in [0.1, 0.15) is 24.2 Å². The van der Waals surface area contributed by atoms with Gasteiger partial charge in [0.1, 0.15) is 12.0 Å². The van der Waals surface area contributed by atoms with Crippen LogP contribution < -0.4 is 16.0 Å². The maximum absolute atomic E-state index is 12.7. The average molecular weight is 485 g/mol. The van der Waals surface area contributed by atoms with Gasteiger partial charge in [0.05, 0.1) is 23.3 Å². The number of nitrogens with one attached hydrogen (secondary N) is 1. The molecular weight excluding hydrogens is 456 g/mol. The molecule has 0 aliphatic rings. The van der Waals surface area contributed by atoms with Crippen LogP contribution in [0.4, 0.5) is 28.7 Å². The van der Waals surface area contributed by atoms with Gasteiger partial charge < -0.3 is 20.7 Å². The molecule has 180 valence electrons. The molecule has 0 saturated heterocycles. The highest BCUT2D eigenvalue weighted by Crippen LogP contribution is 2.34. The minimum Gasteiger partial charge on any atom is -0.465 e. The number of carbonyl (C=O) groups excluding carboxylic acids is 1. The lowest BCUT2D eigenvalue weighted by atomic mass is 10.1. The molecule has 34 heavy (non-hydrogen) atoms. The monoisotopic (exact) mass is 484 g/mol. The lowest BCUT2D eigenvalue weighted by molar-refractivity contribution is 0.0601. The Morgan fingerprint density at radius 2 is 1.71 bits per heavy atom. The number of nitrogen functional groups attached to an aromatic ring is 1. The third-order valence-electron chi connectivity index (χ3n) is 5.31. The quantitative estimate of drug-likeness (QED) is 0.439. The van der Waals surface area contributed by atoms with Crippen LogP contribution in [0.25, 0.3) is 0 Å². The van der Waals surface area contributed by atoms with E-state index in [0.29, 0.717) is 41.7 Å². The zero-order chi connectivity index (χ0) is 24.9. The van der Waals surface area contributed by atoms with Crippen molar-refractivity contribution >= 4 is 44.7 Å². The van der Waals surface area contributed by atoms with Gasteiger partial charge in [0.15, 0.2) is 11.6 Å². The number of anilines is 5. The zero-order valence-electron chi connectivity index (χ0n) is 19.5. The molecule has 1 aromatic heterocycles. The fourth-order valence-electron chi connectivity index (χ4n) is 3.48. The van der Waals surface area contributed by atoms with Crippen molar-refractivity contribution in [3.63, 3.8) is 0 Å². The number of esters is 1. The molecule has 0 bridgehead atoms. The highest BCUT2D eigenvalue weighted by Gasteiger charge is 2.22. The molecule has 3 N–H and O–H groups in total. The van der Waals surface area contributed by atoms with Gasteiger partial charge in [-0.25, -0.2) is 23.2 Å². The van der Waals surface area contributed by atoms with Crippen molar-refractivity contribution in [1.29, 1.82) is 0 Å². The average Bonchev–Trinajstić information content (AvgIpc) is 2.85. The molecular formula is C23H28N6O4S. The minimum atomic E-state index is -3.55. The summed E-state index contributed by atoms with van der Waals surface area (Å²) in [6.45, 7) is 4.39. The maximum Gasteiger partial charge on any atom is 0.339 e. The van der Waals surface area contributed by atoms with E-state index in [1.54, 1.807) is 62.2 Å². The summed E-state index contributed by atoms with van der Waals surface area (Å²) in [6.07, 6.45) is 1.35. The summed E-state index contributed by atoms with van der Waals surface area (Å²) < 4.78 is 31.7. The van der Waals surface area contributed by atoms with Crippen LogP contribution in [0.3, 0.4) is 0 Å². The topological polar surface area (TPSA) is 131 Å². The number of methoxy groups -OCH3 is 1. The van der Waals surface area contributed by atoms with E-state index >= 15 is 0 Å². The first-order chi connectivity index (χ1) is 16.2. The number of aromatic nitrogens is 2. The molecule has 3 rings (SSSR count). The van der Waals surface area contributed by atoms with E-state index < -0.39 is 16.0 Å². The summed E-state index contributed by atoms with van der Waals surface area (Å²) in [4.78, 5) is 22.5. The summed E-state index contributed by atoms with van der Waals surface area (Å²) in [5.74, 6) is 0.245. The molecule has 0 spiro atoms. The van der Waals surface area contributed by atoms with Gasteiger partial charge in [-0.1, -0.05) is 26.0 Å². The van der Waals surface area contributed by atoms with E-state index in [1.165, 1.54) is 29.9 Å². The third-order valence-corrected chi connectivity index (χ3v) is 7.38. The molecule has 0 saturated carbocycles. The minimum absolute atomic E-state index is 0.206. The second-order valence-electron chi connectivity index (χ2n) is 7.27. The standard InChI is InChI=1S/C23H28N6O4S/c1-5-29(6-2)34(31,32)17-13-11-16(12-14-17)27-21-20(24)22(26-15-25-21)28(3)19-10-8-7-9-18(19)23(30)33-4/h7-15H,5-6,24H2,1-4H3,(H,25,26,27). The predicted molar refractivity (Wildman–Crippen MR) is 132 cm³/mol. The van der Waals surface area contributed by atoms with Crippen molar-refractivity contribution in [3.8, 4) is 0 Å². The van der Waals surface area contributed by atoms with E-state index in [-0.39, 0.29) is 10.6 Å². The van der Waals surface area contributed by atoms with Crippen LogP contribution in [-0.2, 0) is 14.8 Å². The van der Waals surface area contributed by atoms with Crippen LogP contribution in [0.2, 0.25) is 0 Å². The summed E-state index contributed by atoms with van der Waals surface area (Å²) in [6, 6.07) is 13.3. The van der Waals surface area contributed by atoms with Crippen molar-refractivity contribution in [2.45, 2.75) is 18.7 Å². The molecule has 0 atom stereocenters.